The molecule has 1 heterocycles. The van der Waals surface area contributed by atoms with Crippen molar-refractivity contribution in [2.75, 3.05) is 6.54 Å². The number of carboxylic acids is 1. The highest BCUT2D eigenvalue weighted by Gasteiger charge is 2.39. The summed E-state index contributed by atoms with van der Waals surface area (Å²) < 4.78 is 0. The number of primary amides is 2. The summed E-state index contributed by atoms with van der Waals surface area (Å²) in [4.78, 5) is 72.2. The van der Waals surface area contributed by atoms with Crippen molar-refractivity contribution in [2.45, 2.75) is 62.9 Å². The smallest absolute Gasteiger partial charge is 0.326 e. The van der Waals surface area contributed by atoms with E-state index in [1.807, 2.05) is 0 Å². The average Bonchev–Trinajstić information content (AvgIpc) is 3.13. The van der Waals surface area contributed by atoms with Gasteiger partial charge in [0, 0.05) is 6.54 Å². The quantitative estimate of drug-likeness (QED) is 0.162. The lowest BCUT2D eigenvalue weighted by molar-refractivity contribution is -0.150. The highest BCUT2D eigenvalue weighted by atomic mass is 16.4. The second kappa shape index (κ2) is 11.2. The number of hydrogen-bond acceptors (Lipinski definition) is 8. The molecule has 14 nitrogen and oxygen atoms in total. The molecule has 5 unspecified atom stereocenters. The van der Waals surface area contributed by atoms with Crippen molar-refractivity contribution in [3.05, 3.63) is 0 Å². The summed E-state index contributed by atoms with van der Waals surface area (Å²) in [5.74, 6) is -5.86. The fraction of sp³-hybridized carbons (Fsp3) is 0.647. The first-order valence-electron chi connectivity index (χ1n) is 9.49. The van der Waals surface area contributed by atoms with Crippen LogP contribution in [0.25, 0.3) is 0 Å². The number of nitrogens with two attached hydrogens (primary N) is 3. The van der Waals surface area contributed by atoms with Gasteiger partial charge in [0.2, 0.25) is 29.5 Å². The summed E-state index contributed by atoms with van der Waals surface area (Å²) in [5, 5.41) is 23.5. The molecule has 5 amide bonds. The van der Waals surface area contributed by atoms with Gasteiger partial charge in [0.05, 0.1) is 25.0 Å². The maximum Gasteiger partial charge on any atom is 0.326 e. The lowest BCUT2D eigenvalue weighted by Crippen LogP contribution is -2.60. The zero-order valence-corrected chi connectivity index (χ0v) is 16.9. The molecule has 0 aromatic rings. The molecule has 0 saturated carbocycles. The molecule has 14 heteroatoms. The zero-order chi connectivity index (χ0) is 23.9. The van der Waals surface area contributed by atoms with Crippen LogP contribution in [0.3, 0.4) is 0 Å². The van der Waals surface area contributed by atoms with Gasteiger partial charge in [0.25, 0.3) is 0 Å². The van der Waals surface area contributed by atoms with E-state index in [0.29, 0.717) is 6.42 Å². The number of rotatable bonds is 11. The van der Waals surface area contributed by atoms with Gasteiger partial charge < -0.3 is 42.9 Å². The number of hydrogen-bond donors (Lipinski definition) is 7. The molecule has 5 atom stereocenters. The molecule has 0 aromatic carbocycles. The maximum absolute atomic E-state index is 12.8. The van der Waals surface area contributed by atoms with Crippen LogP contribution in [-0.2, 0) is 28.8 Å². The lowest BCUT2D eigenvalue weighted by Gasteiger charge is -2.29. The first-order valence-corrected chi connectivity index (χ1v) is 9.49. The Balaban J connectivity index is 2.98. The fourth-order valence-corrected chi connectivity index (χ4v) is 3.13. The summed E-state index contributed by atoms with van der Waals surface area (Å²) in [7, 11) is 0. The van der Waals surface area contributed by atoms with E-state index in [0.717, 1.165) is 4.90 Å². The second-order valence-corrected chi connectivity index (χ2v) is 7.26. The molecule has 31 heavy (non-hydrogen) atoms. The van der Waals surface area contributed by atoms with Gasteiger partial charge in [-0.2, -0.15) is 0 Å². The van der Waals surface area contributed by atoms with Crippen LogP contribution in [0, 0.1) is 0 Å². The number of likely N-dealkylation sites (tertiary alicyclic amines) is 1. The third-order valence-corrected chi connectivity index (χ3v) is 4.66. The highest BCUT2D eigenvalue weighted by Crippen LogP contribution is 2.19. The first-order chi connectivity index (χ1) is 14.3. The van der Waals surface area contributed by atoms with Crippen molar-refractivity contribution in [1.82, 2.24) is 15.5 Å². The number of aliphatic hydroxyl groups excluding tert-OH is 1. The number of carboxylic acid groups (broad SMARTS) is 1. The molecule has 1 aliphatic rings. The number of nitrogens with zero attached hydrogens (tertiary/aromatic N) is 1. The Kier molecular flexibility index (Phi) is 9.33. The Morgan fingerprint density at radius 2 is 1.61 bits per heavy atom. The number of amides is 5. The van der Waals surface area contributed by atoms with Crippen LogP contribution in [-0.4, -0.2) is 87.4 Å². The average molecular weight is 444 g/mol. The predicted octanol–water partition coefficient (Wildman–Crippen LogP) is -4.51. The van der Waals surface area contributed by atoms with Crippen LogP contribution in [0.2, 0.25) is 0 Å². The van der Waals surface area contributed by atoms with Crippen molar-refractivity contribution in [2.24, 2.45) is 17.2 Å². The summed E-state index contributed by atoms with van der Waals surface area (Å²) in [6.07, 6.45) is -1.96. The molecular weight excluding hydrogens is 416 g/mol. The van der Waals surface area contributed by atoms with Gasteiger partial charge in [-0.25, -0.2) is 4.79 Å². The van der Waals surface area contributed by atoms with Crippen LogP contribution in [0.1, 0.15) is 32.6 Å². The van der Waals surface area contributed by atoms with E-state index >= 15 is 0 Å². The van der Waals surface area contributed by atoms with E-state index < -0.39 is 78.6 Å². The van der Waals surface area contributed by atoms with Gasteiger partial charge >= 0.3 is 5.97 Å². The van der Waals surface area contributed by atoms with Gasteiger partial charge in [0.15, 0.2) is 0 Å². The molecule has 0 spiro atoms. The monoisotopic (exact) mass is 444 g/mol. The van der Waals surface area contributed by atoms with Crippen molar-refractivity contribution in [1.29, 1.82) is 0 Å². The molecule has 0 aromatic heterocycles. The zero-order valence-electron chi connectivity index (χ0n) is 16.9. The summed E-state index contributed by atoms with van der Waals surface area (Å²) in [6.45, 7) is 1.29. The van der Waals surface area contributed by atoms with Crippen molar-refractivity contribution in [3.8, 4) is 0 Å². The SMILES string of the molecule is CC(O)C(NC(=O)C(N)CC(N)=O)C(=O)NC(CC(N)=O)C(=O)N1CCCC1C(=O)O. The Hall–Kier alpha value is -3.26. The van der Waals surface area contributed by atoms with Crippen LogP contribution in [0.15, 0.2) is 0 Å². The topological polar surface area (TPSA) is 248 Å². The fourth-order valence-electron chi connectivity index (χ4n) is 3.13. The summed E-state index contributed by atoms with van der Waals surface area (Å²) in [5.41, 5.74) is 15.6. The van der Waals surface area contributed by atoms with Crippen LogP contribution < -0.4 is 27.8 Å². The third-order valence-electron chi connectivity index (χ3n) is 4.66. The number of aliphatic hydroxyl groups is 1. The first kappa shape index (κ1) is 25.8. The van der Waals surface area contributed by atoms with Crippen molar-refractivity contribution >= 4 is 35.5 Å². The molecule has 1 saturated heterocycles. The third kappa shape index (κ3) is 7.49. The minimum Gasteiger partial charge on any atom is -0.480 e. The van der Waals surface area contributed by atoms with Gasteiger partial charge in [-0.05, 0) is 19.8 Å². The normalized spacial score (nSPS) is 19.6. The van der Waals surface area contributed by atoms with Crippen LogP contribution in [0.4, 0.5) is 0 Å². The Labute approximate surface area is 177 Å². The van der Waals surface area contributed by atoms with Gasteiger partial charge in [-0.1, -0.05) is 0 Å². The molecule has 0 bridgehead atoms. The Morgan fingerprint density at radius 3 is 2.10 bits per heavy atom. The van der Waals surface area contributed by atoms with E-state index in [4.69, 9.17) is 17.2 Å². The predicted molar refractivity (Wildman–Crippen MR) is 104 cm³/mol. The van der Waals surface area contributed by atoms with Gasteiger partial charge in [0.1, 0.15) is 18.1 Å². The van der Waals surface area contributed by atoms with E-state index in [9.17, 15) is 39.0 Å². The Bertz CT molecular complexity index is 742. The van der Waals surface area contributed by atoms with Crippen LogP contribution in [0.5, 0.6) is 0 Å². The molecule has 174 valence electrons. The minimum absolute atomic E-state index is 0.111. The molecule has 1 rings (SSSR count). The van der Waals surface area contributed by atoms with E-state index in [1.54, 1.807) is 0 Å². The number of aliphatic carboxylic acids is 1. The molecular formula is C17H28N6O8. The molecule has 1 aliphatic heterocycles. The largest absolute Gasteiger partial charge is 0.480 e. The molecule has 0 aliphatic carbocycles. The van der Waals surface area contributed by atoms with Crippen molar-refractivity contribution in [3.63, 3.8) is 0 Å². The van der Waals surface area contributed by atoms with Gasteiger partial charge in [-0.3, -0.25) is 24.0 Å². The lowest BCUT2D eigenvalue weighted by atomic mass is 10.1. The molecule has 0 radical (unpaired) electrons. The van der Waals surface area contributed by atoms with E-state index in [-0.39, 0.29) is 13.0 Å². The van der Waals surface area contributed by atoms with Crippen LogP contribution >= 0.6 is 0 Å². The van der Waals surface area contributed by atoms with Crippen molar-refractivity contribution < 1.29 is 39.0 Å². The number of carbonyl (C=O) groups is 6. The molecule has 10 N–H and O–H groups in total. The van der Waals surface area contributed by atoms with E-state index in [2.05, 4.69) is 10.6 Å². The van der Waals surface area contributed by atoms with E-state index in [1.165, 1.54) is 6.92 Å². The molecule has 1 fully saturated rings. The minimum atomic E-state index is -1.59. The number of carbonyl (C=O) groups excluding carboxylic acids is 5. The highest BCUT2D eigenvalue weighted by molar-refractivity contribution is 5.97. The Morgan fingerprint density at radius 1 is 1.03 bits per heavy atom. The second-order valence-electron chi connectivity index (χ2n) is 7.26. The standard InChI is InChI=1S/C17H28N6O8/c1-7(24)13(22-14(27)8(18)5-11(19)25)15(28)21-9(6-12(20)26)16(29)23-4-2-3-10(23)17(30)31/h7-10,13,24H,2-6,18H2,1H3,(H2,19,25)(H2,20,26)(H,21,28)(H,22,27)(H,30,31). The summed E-state index contributed by atoms with van der Waals surface area (Å²) in [6, 6.07) is -5.60. The maximum atomic E-state index is 12.8. The van der Waals surface area contributed by atoms with Gasteiger partial charge in [-0.15, -0.1) is 0 Å². The number of nitrogens with one attached hydrogen (secondary N) is 2. The summed E-state index contributed by atoms with van der Waals surface area (Å²) >= 11 is 0.